The molecule has 0 aliphatic rings. The molecule has 0 amide bonds. The molecule has 228 valence electrons. The number of aliphatic carboxylic acids is 1. The van der Waals surface area contributed by atoms with Gasteiger partial charge in [0.05, 0.1) is 22.9 Å². The Bertz CT molecular complexity index is 1570. The van der Waals surface area contributed by atoms with Crippen LogP contribution in [-0.4, -0.2) is 48.2 Å². The number of nitrogens with zero attached hydrogens (tertiary/aromatic N) is 2. The Morgan fingerprint density at radius 1 is 0.932 bits per heavy atom. The van der Waals surface area contributed by atoms with Gasteiger partial charge < -0.3 is 20.3 Å². The predicted octanol–water partition coefficient (Wildman–Crippen LogP) is 6.34. The zero-order chi connectivity index (χ0) is 31.2. The van der Waals surface area contributed by atoms with E-state index in [0.29, 0.717) is 24.8 Å². The van der Waals surface area contributed by atoms with E-state index in [1.807, 2.05) is 91.0 Å². The van der Waals surface area contributed by atoms with Crippen molar-refractivity contribution in [2.75, 3.05) is 18.9 Å². The molecule has 5 aromatic rings. The van der Waals surface area contributed by atoms with Crippen LogP contribution in [0, 0.1) is 0 Å². The van der Waals surface area contributed by atoms with Crippen LogP contribution in [0.1, 0.15) is 16.7 Å². The van der Waals surface area contributed by atoms with Gasteiger partial charge in [0.1, 0.15) is 25.1 Å². The molecule has 4 N–H and O–H groups in total. The average molecular weight is 609 g/mol. The standard InChI is InChI=1S/C35H40N4O4Si/c1-44(2,3)20-19-42-25-39-32-22-33(30(36)21-26(32)23-37-39)43-24-31(34(40)41)38-35(27-13-7-4-8-14-27,28-15-9-5-10-16-28)29-17-11-6-12-18-29/h4-18,21-23,31,38H,19-20,24-25,36H2,1-3H3,(H,40,41)/t31-/m0/s1. The van der Waals surface area contributed by atoms with Crippen LogP contribution in [0.15, 0.2) is 109 Å². The molecule has 1 heterocycles. The molecule has 9 heteroatoms. The lowest BCUT2D eigenvalue weighted by molar-refractivity contribution is -0.140. The summed E-state index contributed by atoms with van der Waals surface area (Å²) in [5.41, 5.74) is 9.32. The lowest BCUT2D eigenvalue weighted by atomic mass is 9.76. The predicted molar refractivity (Wildman–Crippen MR) is 178 cm³/mol. The van der Waals surface area contributed by atoms with Crippen LogP contribution < -0.4 is 15.8 Å². The van der Waals surface area contributed by atoms with Crippen molar-refractivity contribution >= 4 is 30.6 Å². The molecule has 0 radical (unpaired) electrons. The van der Waals surface area contributed by atoms with Gasteiger partial charge in [-0.15, -0.1) is 0 Å². The van der Waals surface area contributed by atoms with Gasteiger partial charge in [-0.05, 0) is 28.8 Å². The van der Waals surface area contributed by atoms with E-state index in [9.17, 15) is 9.90 Å². The third-order valence-corrected chi connectivity index (χ3v) is 9.40. The topological polar surface area (TPSA) is 112 Å². The first-order valence-corrected chi connectivity index (χ1v) is 18.5. The van der Waals surface area contributed by atoms with Crippen LogP contribution >= 0.6 is 0 Å². The molecule has 1 aromatic heterocycles. The monoisotopic (exact) mass is 608 g/mol. The highest BCUT2D eigenvalue weighted by molar-refractivity contribution is 6.76. The second kappa shape index (κ2) is 13.5. The third-order valence-electron chi connectivity index (χ3n) is 7.70. The SMILES string of the molecule is C[Si](C)(C)CCOCn1ncc2cc(N)c(OC[C@H](NC(c3ccccc3)(c3ccccc3)c3ccccc3)C(=O)O)cc21. The third kappa shape index (κ3) is 7.02. The fraction of sp³-hybridized carbons (Fsp3) is 0.257. The van der Waals surface area contributed by atoms with Crippen molar-refractivity contribution in [2.45, 2.75) is 44.0 Å². The number of nitrogens with one attached hydrogen (secondary N) is 1. The Balaban J connectivity index is 1.45. The number of fused-ring (bicyclic) bond motifs is 1. The number of ether oxygens (including phenoxy) is 2. The zero-order valence-electron chi connectivity index (χ0n) is 25.4. The zero-order valence-corrected chi connectivity index (χ0v) is 26.4. The maximum atomic E-state index is 12.8. The molecule has 0 aliphatic heterocycles. The summed E-state index contributed by atoms with van der Waals surface area (Å²) >= 11 is 0. The number of hydrogen-bond donors (Lipinski definition) is 3. The molecule has 0 saturated carbocycles. The Hall–Kier alpha value is -4.44. The van der Waals surface area contributed by atoms with Crippen molar-refractivity contribution in [1.29, 1.82) is 0 Å². The van der Waals surface area contributed by atoms with Gasteiger partial charge in [0.25, 0.3) is 0 Å². The number of benzene rings is 4. The summed E-state index contributed by atoms with van der Waals surface area (Å²) < 4.78 is 13.9. The number of anilines is 1. The summed E-state index contributed by atoms with van der Waals surface area (Å²) in [6.07, 6.45) is 1.74. The molecule has 1 atom stereocenters. The van der Waals surface area contributed by atoms with Gasteiger partial charge in [-0.25, -0.2) is 4.68 Å². The maximum Gasteiger partial charge on any atom is 0.324 e. The van der Waals surface area contributed by atoms with E-state index in [4.69, 9.17) is 15.2 Å². The summed E-state index contributed by atoms with van der Waals surface area (Å²) in [7, 11) is -1.21. The number of aromatic nitrogens is 2. The summed E-state index contributed by atoms with van der Waals surface area (Å²) in [5, 5.41) is 19.3. The van der Waals surface area contributed by atoms with Crippen LogP contribution in [0.25, 0.3) is 10.9 Å². The summed E-state index contributed by atoms with van der Waals surface area (Å²) in [6.45, 7) is 7.76. The Morgan fingerprint density at radius 3 is 1.98 bits per heavy atom. The molecular formula is C35H40N4O4Si. The van der Waals surface area contributed by atoms with Crippen molar-refractivity contribution in [3.63, 3.8) is 0 Å². The lowest BCUT2D eigenvalue weighted by Crippen LogP contribution is -2.54. The minimum Gasteiger partial charge on any atom is -0.489 e. The summed E-state index contributed by atoms with van der Waals surface area (Å²) in [4.78, 5) is 12.8. The molecule has 0 aliphatic carbocycles. The Kier molecular flexibility index (Phi) is 9.48. The normalized spacial score (nSPS) is 12.7. The second-order valence-corrected chi connectivity index (χ2v) is 17.8. The van der Waals surface area contributed by atoms with Crippen LogP contribution in [0.5, 0.6) is 5.75 Å². The van der Waals surface area contributed by atoms with Gasteiger partial charge in [-0.2, -0.15) is 5.10 Å². The second-order valence-electron chi connectivity index (χ2n) is 12.1. The molecule has 0 bridgehead atoms. The lowest BCUT2D eigenvalue weighted by Gasteiger charge is -2.39. The molecule has 0 unspecified atom stereocenters. The fourth-order valence-electron chi connectivity index (χ4n) is 5.31. The smallest absolute Gasteiger partial charge is 0.324 e. The van der Waals surface area contributed by atoms with Gasteiger partial charge in [0.15, 0.2) is 0 Å². The number of carboxylic acids is 1. The quantitative estimate of drug-likeness (QED) is 0.0583. The van der Waals surface area contributed by atoms with E-state index >= 15 is 0 Å². The van der Waals surface area contributed by atoms with E-state index < -0.39 is 25.6 Å². The summed E-state index contributed by atoms with van der Waals surface area (Å²) in [6, 6.07) is 33.2. The van der Waals surface area contributed by atoms with Crippen molar-refractivity contribution in [3.8, 4) is 5.75 Å². The van der Waals surface area contributed by atoms with E-state index in [1.54, 1.807) is 23.0 Å². The molecule has 44 heavy (non-hydrogen) atoms. The van der Waals surface area contributed by atoms with Crippen molar-refractivity contribution < 1.29 is 19.4 Å². The first-order valence-electron chi connectivity index (χ1n) is 14.8. The van der Waals surface area contributed by atoms with E-state index in [1.165, 1.54) is 0 Å². The number of nitrogen functional groups attached to an aromatic ring is 1. The molecular weight excluding hydrogens is 568 g/mol. The van der Waals surface area contributed by atoms with Crippen molar-refractivity contribution in [1.82, 2.24) is 15.1 Å². The Morgan fingerprint density at radius 2 is 1.48 bits per heavy atom. The number of carboxylic acid groups (broad SMARTS) is 1. The minimum atomic E-state index is -1.21. The minimum absolute atomic E-state index is 0.167. The molecule has 4 aromatic carbocycles. The summed E-state index contributed by atoms with van der Waals surface area (Å²) in [5.74, 6) is -0.656. The van der Waals surface area contributed by atoms with Gasteiger partial charge in [0, 0.05) is 26.1 Å². The van der Waals surface area contributed by atoms with E-state index in [0.717, 1.165) is 33.6 Å². The van der Waals surface area contributed by atoms with Crippen LogP contribution in [0.2, 0.25) is 25.7 Å². The first-order chi connectivity index (χ1) is 21.2. The van der Waals surface area contributed by atoms with Gasteiger partial charge in [-0.3, -0.25) is 10.1 Å². The number of rotatable bonds is 14. The molecule has 0 saturated heterocycles. The molecule has 8 nitrogen and oxygen atoms in total. The first kappa shape index (κ1) is 31.0. The van der Waals surface area contributed by atoms with Crippen LogP contribution in [0.3, 0.4) is 0 Å². The van der Waals surface area contributed by atoms with Gasteiger partial charge in [-0.1, -0.05) is 111 Å². The van der Waals surface area contributed by atoms with Crippen LogP contribution in [0.4, 0.5) is 5.69 Å². The highest BCUT2D eigenvalue weighted by atomic mass is 28.3. The number of hydrogen-bond acceptors (Lipinski definition) is 6. The fourth-order valence-corrected chi connectivity index (χ4v) is 6.06. The van der Waals surface area contributed by atoms with E-state index in [2.05, 4.69) is 30.1 Å². The molecule has 5 rings (SSSR count). The average Bonchev–Trinajstić information content (AvgIpc) is 3.41. The van der Waals surface area contributed by atoms with E-state index in [-0.39, 0.29) is 6.61 Å². The van der Waals surface area contributed by atoms with Crippen LogP contribution in [-0.2, 0) is 21.8 Å². The maximum absolute atomic E-state index is 12.8. The largest absolute Gasteiger partial charge is 0.489 e. The van der Waals surface area contributed by atoms with Gasteiger partial charge in [0.2, 0.25) is 0 Å². The highest BCUT2D eigenvalue weighted by Crippen LogP contribution is 2.37. The molecule has 0 fully saturated rings. The number of carbonyl (C=O) groups is 1. The highest BCUT2D eigenvalue weighted by Gasteiger charge is 2.40. The Labute approximate surface area is 259 Å². The molecule has 0 spiro atoms. The van der Waals surface area contributed by atoms with Crippen molar-refractivity contribution in [3.05, 3.63) is 126 Å². The van der Waals surface area contributed by atoms with Crippen molar-refractivity contribution in [2.24, 2.45) is 0 Å². The van der Waals surface area contributed by atoms with Gasteiger partial charge >= 0.3 is 5.97 Å². The number of nitrogens with two attached hydrogens (primary N) is 1.